The Hall–Kier alpha value is -1.92. The number of nitrogens with one attached hydrogen (secondary N) is 1. The highest BCUT2D eigenvalue weighted by Crippen LogP contribution is 2.09. The summed E-state index contributed by atoms with van der Waals surface area (Å²) in [5.74, 6) is -1.17. The second kappa shape index (κ2) is 6.31. The van der Waals surface area contributed by atoms with Gasteiger partial charge >= 0.3 is 5.97 Å². The summed E-state index contributed by atoms with van der Waals surface area (Å²) in [5, 5.41) is 7.59. The summed E-state index contributed by atoms with van der Waals surface area (Å²) >= 11 is 0. The Morgan fingerprint density at radius 1 is 1.32 bits per heavy atom. The van der Waals surface area contributed by atoms with Crippen LogP contribution in [0.3, 0.4) is 0 Å². The Balaban J connectivity index is 2.58. The number of carbonyl (C=O) groups is 3. The minimum absolute atomic E-state index is 0.0237. The van der Waals surface area contributed by atoms with Crippen LogP contribution in [-0.4, -0.2) is 47.7 Å². The number of hydrogen-bond donors (Lipinski definition) is 1. The molecule has 0 aromatic heterocycles. The number of nitrogens with zero attached hydrogens (tertiary/aromatic N) is 2. The van der Waals surface area contributed by atoms with Crippen molar-refractivity contribution in [2.45, 2.75) is 45.8 Å². The van der Waals surface area contributed by atoms with Crippen LogP contribution in [0.25, 0.3) is 0 Å². The van der Waals surface area contributed by atoms with Gasteiger partial charge in [0, 0.05) is 25.9 Å². The van der Waals surface area contributed by atoms with Gasteiger partial charge in [0.1, 0.15) is 5.71 Å². The van der Waals surface area contributed by atoms with E-state index in [1.54, 1.807) is 0 Å². The van der Waals surface area contributed by atoms with Gasteiger partial charge < -0.3 is 10.1 Å². The molecule has 1 rings (SSSR count). The van der Waals surface area contributed by atoms with Gasteiger partial charge in [0.2, 0.25) is 5.91 Å². The summed E-state index contributed by atoms with van der Waals surface area (Å²) in [6.07, 6.45) is -0.433. The minimum atomic E-state index is -0.888. The van der Waals surface area contributed by atoms with Gasteiger partial charge in [-0.1, -0.05) is 0 Å². The van der Waals surface area contributed by atoms with E-state index in [2.05, 4.69) is 10.4 Å². The fraction of sp³-hybridized carbons (Fsp3) is 0.667. The van der Waals surface area contributed by atoms with Gasteiger partial charge in [-0.05, 0) is 20.8 Å². The van der Waals surface area contributed by atoms with Crippen LogP contribution in [-0.2, 0) is 19.1 Å². The number of ether oxygens (including phenoxy) is 1. The first-order valence-electron chi connectivity index (χ1n) is 6.16. The maximum Gasteiger partial charge on any atom is 0.355 e. The van der Waals surface area contributed by atoms with Crippen LogP contribution in [0.5, 0.6) is 0 Å². The molecule has 1 heterocycles. The average molecular weight is 269 g/mol. The second-order valence-corrected chi connectivity index (χ2v) is 4.67. The summed E-state index contributed by atoms with van der Waals surface area (Å²) in [7, 11) is 1.48. The maximum absolute atomic E-state index is 11.8. The summed E-state index contributed by atoms with van der Waals surface area (Å²) in [6, 6.07) is -0.0237. The Kier molecular flexibility index (Phi) is 5.02. The van der Waals surface area contributed by atoms with E-state index < -0.39 is 12.1 Å². The van der Waals surface area contributed by atoms with Crippen molar-refractivity contribution in [3.8, 4) is 0 Å². The molecule has 0 saturated heterocycles. The van der Waals surface area contributed by atoms with Crippen molar-refractivity contribution in [2.75, 3.05) is 7.05 Å². The molecule has 7 nitrogen and oxygen atoms in total. The minimum Gasteiger partial charge on any atom is -0.448 e. The maximum atomic E-state index is 11.8. The highest BCUT2D eigenvalue weighted by atomic mass is 16.5. The highest BCUT2D eigenvalue weighted by Gasteiger charge is 2.26. The van der Waals surface area contributed by atoms with Gasteiger partial charge in [0.15, 0.2) is 6.10 Å². The van der Waals surface area contributed by atoms with Crippen molar-refractivity contribution in [1.82, 2.24) is 10.3 Å². The van der Waals surface area contributed by atoms with Crippen LogP contribution in [0.2, 0.25) is 0 Å². The van der Waals surface area contributed by atoms with Crippen LogP contribution < -0.4 is 5.32 Å². The van der Waals surface area contributed by atoms with E-state index in [1.165, 1.54) is 14.0 Å². The van der Waals surface area contributed by atoms with Gasteiger partial charge in [0.25, 0.3) is 5.91 Å². The van der Waals surface area contributed by atoms with E-state index in [0.717, 1.165) is 5.01 Å². The van der Waals surface area contributed by atoms with E-state index in [1.807, 2.05) is 13.8 Å². The number of esters is 1. The summed E-state index contributed by atoms with van der Waals surface area (Å²) in [6.45, 7) is 5.13. The van der Waals surface area contributed by atoms with Crippen LogP contribution in [0.1, 0.15) is 33.6 Å². The molecule has 0 unspecified atom stereocenters. The molecular weight excluding hydrogens is 250 g/mol. The van der Waals surface area contributed by atoms with E-state index in [4.69, 9.17) is 4.74 Å². The Morgan fingerprint density at radius 2 is 1.95 bits per heavy atom. The SMILES string of the molecule is CC(C)NC(=O)[C@@H](C)OC(=O)C1=NN(C)C(=O)CC1. The molecule has 2 amide bonds. The molecule has 106 valence electrons. The van der Waals surface area contributed by atoms with E-state index in [9.17, 15) is 14.4 Å². The molecule has 0 saturated carbocycles. The highest BCUT2D eigenvalue weighted by molar-refractivity contribution is 6.37. The van der Waals surface area contributed by atoms with E-state index >= 15 is 0 Å². The largest absolute Gasteiger partial charge is 0.448 e. The van der Waals surface area contributed by atoms with Gasteiger partial charge in [-0.2, -0.15) is 5.10 Å². The molecule has 7 heteroatoms. The molecule has 1 atom stereocenters. The Morgan fingerprint density at radius 3 is 2.47 bits per heavy atom. The number of hydrogen-bond acceptors (Lipinski definition) is 5. The van der Waals surface area contributed by atoms with Crippen molar-refractivity contribution >= 4 is 23.5 Å². The second-order valence-electron chi connectivity index (χ2n) is 4.67. The van der Waals surface area contributed by atoms with Crippen LogP contribution in [0.4, 0.5) is 0 Å². The van der Waals surface area contributed by atoms with Gasteiger partial charge in [-0.3, -0.25) is 9.59 Å². The molecule has 1 N–H and O–H groups in total. The third-order valence-corrected chi connectivity index (χ3v) is 2.53. The van der Waals surface area contributed by atoms with Crippen molar-refractivity contribution in [2.24, 2.45) is 5.10 Å². The molecule has 0 aromatic rings. The molecule has 1 aliphatic rings. The standard InChI is InChI=1S/C12H19N3O4/c1-7(2)13-11(17)8(3)19-12(18)9-5-6-10(16)15(4)14-9/h7-8H,5-6H2,1-4H3,(H,13,17)/t8-/m1/s1. The molecule has 1 aliphatic heterocycles. The van der Waals surface area contributed by atoms with Crippen LogP contribution in [0, 0.1) is 0 Å². The normalized spacial score (nSPS) is 17.0. The zero-order valence-electron chi connectivity index (χ0n) is 11.6. The number of carbonyl (C=O) groups excluding carboxylic acids is 3. The lowest BCUT2D eigenvalue weighted by atomic mass is 10.2. The third-order valence-electron chi connectivity index (χ3n) is 2.53. The lowest BCUT2D eigenvalue weighted by Gasteiger charge is -2.20. The zero-order valence-corrected chi connectivity index (χ0v) is 11.6. The predicted molar refractivity (Wildman–Crippen MR) is 68.3 cm³/mol. The average Bonchev–Trinajstić information content (AvgIpc) is 2.31. The fourth-order valence-electron chi connectivity index (χ4n) is 1.50. The fourth-order valence-corrected chi connectivity index (χ4v) is 1.50. The van der Waals surface area contributed by atoms with Crippen molar-refractivity contribution in [3.05, 3.63) is 0 Å². The molecule has 0 radical (unpaired) electrons. The third kappa shape index (κ3) is 4.35. The molecule has 0 bridgehead atoms. The zero-order chi connectivity index (χ0) is 14.6. The Labute approximate surface area is 112 Å². The van der Waals surface area contributed by atoms with Gasteiger partial charge in [-0.25, -0.2) is 9.80 Å². The van der Waals surface area contributed by atoms with Crippen LogP contribution in [0.15, 0.2) is 5.10 Å². The summed E-state index contributed by atoms with van der Waals surface area (Å²) in [5.41, 5.74) is 0.159. The molecule has 0 aliphatic carbocycles. The quantitative estimate of drug-likeness (QED) is 0.730. The monoisotopic (exact) mass is 269 g/mol. The van der Waals surface area contributed by atoms with E-state index in [-0.39, 0.29) is 36.4 Å². The number of amides is 2. The lowest BCUT2D eigenvalue weighted by Crippen LogP contribution is -2.41. The first-order chi connectivity index (χ1) is 8.81. The van der Waals surface area contributed by atoms with Gasteiger partial charge in [0.05, 0.1) is 0 Å². The van der Waals surface area contributed by atoms with Crippen molar-refractivity contribution < 1.29 is 19.1 Å². The number of hydrazone groups is 1. The summed E-state index contributed by atoms with van der Waals surface area (Å²) in [4.78, 5) is 34.6. The van der Waals surface area contributed by atoms with Crippen molar-refractivity contribution in [3.63, 3.8) is 0 Å². The number of rotatable bonds is 4. The summed E-state index contributed by atoms with van der Waals surface area (Å²) < 4.78 is 5.02. The Bertz CT molecular complexity index is 417. The first kappa shape index (κ1) is 15.1. The molecule has 0 spiro atoms. The molecule has 19 heavy (non-hydrogen) atoms. The first-order valence-corrected chi connectivity index (χ1v) is 6.16. The van der Waals surface area contributed by atoms with Gasteiger partial charge in [-0.15, -0.1) is 0 Å². The van der Waals surface area contributed by atoms with Crippen LogP contribution >= 0.6 is 0 Å². The smallest absolute Gasteiger partial charge is 0.355 e. The van der Waals surface area contributed by atoms with E-state index in [0.29, 0.717) is 0 Å². The van der Waals surface area contributed by atoms with Crippen molar-refractivity contribution in [1.29, 1.82) is 0 Å². The lowest BCUT2D eigenvalue weighted by molar-refractivity contribution is -0.149. The molecule has 0 aromatic carbocycles. The molecule has 0 fully saturated rings. The molecular formula is C12H19N3O4. The topological polar surface area (TPSA) is 88.1 Å². The predicted octanol–water partition coefficient (Wildman–Crippen LogP) is 0.0509.